The molecule has 0 bridgehead atoms. The van der Waals surface area contributed by atoms with Gasteiger partial charge in [-0.15, -0.1) is 0 Å². The summed E-state index contributed by atoms with van der Waals surface area (Å²) in [7, 11) is 0. The van der Waals surface area contributed by atoms with E-state index in [4.69, 9.17) is 0 Å². The minimum absolute atomic E-state index is 0.237. The first kappa shape index (κ1) is 14.4. The lowest BCUT2D eigenvalue weighted by molar-refractivity contribution is -0.137. The van der Waals surface area contributed by atoms with Crippen LogP contribution in [0.1, 0.15) is 5.56 Å². The average molecular weight is 257 g/mol. The first-order valence-electron chi connectivity index (χ1n) is 5.63. The van der Waals surface area contributed by atoms with E-state index in [1.807, 2.05) is 30.3 Å². The Kier molecular flexibility index (Phi) is 5.82. The largest absolute Gasteiger partial charge is 0.474 e. The van der Waals surface area contributed by atoms with Gasteiger partial charge in [0, 0.05) is 12.2 Å². The summed E-state index contributed by atoms with van der Waals surface area (Å²) in [4.78, 5) is 23.6. The second-order valence-electron chi connectivity index (χ2n) is 3.55. The van der Waals surface area contributed by atoms with Gasteiger partial charge in [0.1, 0.15) is 0 Å². The van der Waals surface area contributed by atoms with E-state index in [2.05, 4.69) is 17.9 Å². The lowest BCUT2D eigenvalue weighted by Gasteiger charge is -2.13. The molecule has 0 fully saturated rings. The Morgan fingerprint density at radius 3 is 1.95 bits per heavy atom. The van der Waals surface area contributed by atoms with Crippen LogP contribution in [0, 0.1) is 0 Å². The predicted octanol–water partition coefficient (Wildman–Crippen LogP) is 2.40. The Labute approximate surface area is 112 Å². The maximum atomic E-state index is 11.2. The molecule has 0 aromatic heterocycles. The molecule has 1 aromatic rings. The predicted molar refractivity (Wildman–Crippen MR) is 72.6 cm³/mol. The Hall–Kier alpha value is -2.62. The third-order valence-electron chi connectivity index (χ3n) is 2.28. The van der Waals surface area contributed by atoms with Crippen LogP contribution in [0.15, 0.2) is 68.2 Å². The highest BCUT2D eigenvalue weighted by molar-refractivity contribution is 6.12. The second-order valence-corrected chi connectivity index (χ2v) is 3.55. The molecule has 0 atom stereocenters. The van der Waals surface area contributed by atoms with Crippen molar-refractivity contribution in [3.8, 4) is 0 Å². The minimum Gasteiger partial charge on any atom is -0.474 e. The van der Waals surface area contributed by atoms with Crippen molar-refractivity contribution in [2.45, 2.75) is 6.54 Å². The standard InChI is InChI=1S/C11H9NO2.C4H6O/c13-10-6-7-11(14)12(10)8-9-4-2-1-3-5-9;1-3-5-4-2/h1-7H,8H2;3-4H,1-2H2. The SMILES string of the molecule is C=COC=C.O=C1C=CC(=O)N1Cc1ccccc1. The maximum Gasteiger partial charge on any atom is 0.253 e. The van der Waals surface area contributed by atoms with Gasteiger partial charge in [0.25, 0.3) is 11.8 Å². The fourth-order valence-corrected chi connectivity index (χ4v) is 1.42. The highest BCUT2D eigenvalue weighted by Crippen LogP contribution is 2.09. The van der Waals surface area contributed by atoms with Crippen molar-refractivity contribution in [3.63, 3.8) is 0 Å². The summed E-state index contributed by atoms with van der Waals surface area (Å²) in [5.74, 6) is -0.474. The molecule has 1 aliphatic rings. The number of hydrogen-bond donors (Lipinski definition) is 0. The normalized spacial score (nSPS) is 12.7. The number of imide groups is 1. The van der Waals surface area contributed by atoms with Crippen molar-refractivity contribution >= 4 is 11.8 Å². The zero-order valence-electron chi connectivity index (χ0n) is 10.5. The van der Waals surface area contributed by atoms with Crippen LogP contribution in [0.4, 0.5) is 0 Å². The van der Waals surface area contributed by atoms with Crippen molar-refractivity contribution in [2.24, 2.45) is 0 Å². The summed E-state index contributed by atoms with van der Waals surface area (Å²) >= 11 is 0. The first-order valence-corrected chi connectivity index (χ1v) is 5.63. The summed E-state index contributed by atoms with van der Waals surface area (Å²) in [5.41, 5.74) is 0.956. The van der Waals surface area contributed by atoms with E-state index < -0.39 is 0 Å². The number of carbonyl (C=O) groups is 2. The molecule has 2 rings (SSSR count). The average Bonchev–Trinajstić information content (AvgIpc) is 2.74. The molecule has 1 aliphatic heterocycles. The molecule has 0 N–H and O–H groups in total. The fourth-order valence-electron chi connectivity index (χ4n) is 1.42. The lowest BCUT2D eigenvalue weighted by Crippen LogP contribution is -2.29. The summed E-state index contributed by atoms with van der Waals surface area (Å²) in [6.45, 7) is 6.87. The number of ether oxygens (including phenoxy) is 1. The molecule has 4 heteroatoms. The van der Waals surface area contributed by atoms with E-state index >= 15 is 0 Å². The smallest absolute Gasteiger partial charge is 0.253 e. The first-order chi connectivity index (χ1) is 9.19. The Morgan fingerprint density at radius 1 is 1.00 bits per heavy atom. The van der Waals surface area contributed by atoms with Gasteiger partial charge in [0.15, 0.2) is 0 Å². The highest BCUT2D eigenvalue weighted by atomic mass is 16.5. The van der Waals surface area contributed by atoms with E-state index in [9.17, 15) is 9.59 Å². The minimum atomic E-state index is -0.237. The van der Waals surface area contributed by atoms with Gasteiger partial charge < -0.3 is 4.74 Å². The fraction of sp³-hybridized carbons (Fsp3) is 0.0667. The van der Waals surface area contributed by atoms with Gasteiger partial charge in [-0.05, 0) is 5.56 Å². The van der Waals surface area contributed by atoms with Gasteiger partial charge in [-0.2, -0.15) is 0 Å². The molecular weight excluding hydrogens is 242 g/mol. The Balaban J connectivity index is 0.000000312. The van der Waals surface area contributed by atoms with Crippen LogP contribution in [-0.4, -0.2) is 16.7 Å². The molecule has 0 aliphatic carbocycles. The van der Waals surface area contributed by atoms with Gasteiger partial charge in [0.2, 0.25) is 0 Å². The van der Waals surface area contributed by atoms with Crippen molar-refractivity contribution in [2.75, 3.05) is 0 Å². The van der Waals surface area contributed by atoms with Gasteiger partial charge in [0.05, 0.1) is 19.1 Å². The molecule has 19 heavy (non-hydrogen) atoms. The third-order valence-corrected chi connectivity index (χ3v) is 2.28. The third kappa shape index (κ3) is 4.63. The number of benzene rings is 1. The monoisotopic (exact) mass is 257 g/mol. The van der Waals surface area contributed by atoms with E-state index in [0.29, 0.717) is 6.54 Å². The molecule has 2 amide bonds. The van der Waals surface area contributed by atoms with Crippen LogP contribution in [0.25, 0.3) is 0 Å². The van der Waals surface area contributed by atoms with Gasteiger partial charge in [-0.25, -0.2) is 0 Å². The quantitative estimate of drug-likeness (QED) is 0.614. The molecule has 98 valence electrons. The molecular formula is C15H15NO3. The lowest BCUT2D eigenvalue weighted by atomic mass is 10.2. The molecule has 0 saturated carbocycles. The number of amides is 2. The van der Waals surface area contributed by atoms with Crippen LogP contribution in [0.5, 0.6) is 0 Å². The maximum absolute atomic E-state index is 11.2. The van der Waals surface area contributed by atoms with Crippen LogP contribution in [0.3, 0.4) is 0 Å². The van der Waals surface area contributed by atoms with Crippen molar-refractivity contribution < 1.29 is 14.3 Å². The van der Waals surface area contributed by atoms with E-state index in [-0.39, 0.29) is 11.8 Å². The van der Waals surface area contributed by atoms with Crippen LogP contribution >= 0.6 is 0 Å². The van der Waals surface area contributed by atoms with Crippen molar-refractivity contribution in [3.05, 3.63) is 73.7 Å². The number of rotatable bonds is 4. The molecule has 0 saturated heterocycles. The number of nitrogens with zero attached hydrogens (tertiary/aromatic N) is 1. The van der Waals surface area contributed by atoms with E-state index in [1.165, 1.54) is 29.6 Å². The summed E-state index contributed by atoms with van der Waals surface area (Å²) < 4.78 is 4.36. The molecule has 4 nitrogen and oxygen atoms in total. The summed E-state index contributed by atoms with van der Waals surface area (Å²) in [6.07, 6.45) is 5.22. The second kappa shape index (κ2) is 7.66. The van der Waals surface area contributed by atoms with E-state index in [0.717, 1.165) is 5.56 Å². The zero-order valence-corrected chi connectivity index (χ0v) is 10.5. The molecule has 1 heterocycles. The van der Waals surface area contributed by atoms with E-state index in [1.54, 1.807) is 0 Å². The number of carbonyl (C=O) groups excluding carboxylic acids is 2. The highest BCUT2D eigenvalue weighted by Gasteiger charge is 2.22. The topological polar surface area (TPSA) is 46.6 Å². The molecule has 0 spiro atoms. The van der Waals surface area contributed by atoms with Crippen molar-refractivity contribution in [1.82, 2.24) is 4.90 Å². The van der Waals surface area contributed by atoms with Gasteiger partial charge >= 0.3 is 0 Å². The summed E-state index contributed by atoms with van der Waals surface area (Å²) in [6, 6.07) is 9.44. The van der Waals surface area contributed by atoms with Crippen LogP contribution in [0.2, 0.25) is 0 Å². The molecule has 1 aromatic carbocycles. The van der Waals surface area contributed by atoms with Gasteiger partial charge in [-0.3, -0.25) is 14.5 Å². The molecule has 0 unspecified atom stereocenters. The van der Waals surface area contributed by atoms with Gasteiger partial charge in [-0.1, -0.05) is 43.5 Å². The van der Waals surface area contributed by atoms with Crippen LogP contribution < -0.4 is 0 Å². The Morgan fingerprint density at radius 2 is 1.53 bits per heavy atom. The summed E-state index contributed by atoms with van der Waals surface area (Å²) in [5, 5.41) is 0. The Bertz CT molecular complexity index is 467. The number of hydrogen-bond acceptors (Lipinski definition) is 3. The van der Waals surface area contributed by atoms with Crippen molar-refractivity contribution in [1.29, 1.82) is 0 Å². The zero-order chi connectivity index (χ0) is 14.1. The van der Waals surface area contributed by atoms with Crippen LogP contribution in [-0.2, 0) is 20.9 Å². The molecule has 0 radical (unpaired) electrons.